The number of nitrogens with zero attached hydrogens (tertiary/aromatic N) is 11. The molecule has 0 atom stereocenters. The van der Waals surface area contributed by atoms with Crippen LogP contribution >= 0.6 is 0 Å². The first-order valence-electron chi connectivity index (χ1n) is 21.9. The lowest BCUT2D eigenvalue weighted by Gasteiger charge is -2.32. The number of rotatable bonds is 14. The Kier molecular flexibility index (Phi) is 13.2. The second-order valence-corrected chi connectivity index (χ2v) is 16.2. The minimum atomic E-state index is -0.686. The molecule has 67 heavy (non-hydrogen) atoms. The number of nitrogens with one attached hydrogen (secondary N) is 4. The van der Waals surface area contributed by atoms with Crippen LogP contribution in [-0.4, -0.2) is 77.7 Å². The van der Waals surface area contributed by atoms with Crippen molar-refractivity contribution in [3.8, 4) is 17.2 Å². The molecule has 2 aliphatic rings. The van der Waals surface area contributed by atoms with Gasteiger partial charge in [-0.05, 0) is 91.3 Å². The highest BCUT2D eigenvalue weighted by Gasteiger charge is 2.25. The third kappa shape index (κ3) is 10.9. The Morgan fingerprint density at radius 3 is 1.73 bits per heavy atom. The van der Waals surface area contributed by atoms with E-state index in [4.69, 9.17) is 5.26 Å². The number of nitriles is 1. The van der Waals surface area contributed by atoms with E-state index in [1.54, 1.807) is 0 Å². The summed E-state index contributed by atoms with van der Waals surface area (Å²) >= 11 is 0. The van der Waals surface area contributed by atoms with E-state index < -0.39 is 23.4 Å². The number of anilines is 8. The molecule has 0 radical (unpaired) electrons. The predicted octanol–water partition coefficient (Wildman–Crippen LogP) is 8.14. The number of hydrogen-bond acceptors (Lipinski definition) is 14. The first-order chi connectivity index (χ1) is 32.7. The molecule has 0 aliphatic carbocycles. The quantitative estimate of drug-likeness (QED) is 0.0813. The van der Waals surface area contributed by atoms with E-state index in [1.807, 2.05) is 53.3 Å². The average molecular weight is 902 g/mol. The molecule has 3 aromatic heterocycles. The Hall–Kier alpha value is -8.40. The van der Waals surface area contributed by atoms with Crippen LogP contribution in [0.4, 0.5) is 55.3 Å². The topological polar surface area (TPSA) is 208 Å². The molecule has 17 nitrogen and oxygen atoms in total. The van der Waals surface area contributed by atoms with Crippen LogP contribution in [0.1, 0.15) is 61.6 Å². The van der Waals surface area contributed by atoms with Crippen LogP contribution in [0.25, 0.3) is 11.1 Å². The molecule has 2 fully saturated rings. The van der Waals surface area contributed by atoms with Crippen LogP contribution < -0.4 is 31.1 Å². The largest absolute Gasteiger partial charge is 0.341 e. The van der Waals surface area contributed by atoms with Gasteiger partial charge in [-0.15, -0.1) is 0 Å². The molecular formula is C48H45F2N15O2. The standard InChI is InChI=1S/C48H45F2N15O2/c49-39-12-10-36(57-45-52-29-54-47(61-45)63-20-16-34(17-21-63)33-8-6-31(26-51)7-9-33)24-41(39)59-43(66)14-15-44(67)60-42-25-37(11-13-40(42)50)58-46-53-30-55-48(62-46)64-22-18-38(19-23-64)65-28-35(27-56-65)32-4-2-1-3-5-32/h1-13,24-25,27-30,34,38H,14-23H2,(H,59,66)(H,60,67)(H,52,54,57,61)(H,53,55,58,62). The summed E-state index contributed by atoms with van der Waals surface area (Å²) in [4.78, 5) is 56.4. The molecule has 0 saturated carbocycles. The zero-order valence-corrected chi connectivity index (χ0v) is 36.2. The molecule has 0 unspecified atom stereocenters. The van der Waals surface area contributed by atoms with Crippen LogP contribution in [-0.2, 0) is 9.59 Å². The van der Waals surface area contributed by atoms with Crippen molar-refractivity contribution in [1.82, 2.24) is 39.7 Å². The highest BCUT2D eigenvalue weighted by molar-refractivity contribution is 5.97. The number of piperidine rings is 2. The lowest BCUT2D eigenvalue weighted by molar-refractivity contribution is -0.121. The number of amides is 2. The van der Waals surface area contributed by atoms with Crippen LogP contribution in [0.5, 0.6) is 0 Å². The highest BCUT2D eigenvalue weighted by Crippen LogP contribution is 2.31. The molecule has 19 heteroatoms. The maximum Gasteiger partial charge on any atom is 0.231 e. The number of hydrogen-bond donors (Lipinski definition) is 4. The second kappa shape index (κ2) is 20.2. The molecule has 0 bridgehead atoms. The van der Waals surface area contributed by atoms with Crippen molar-refractivity contribution >= 4 is 58.4 Å². The molecule has 2 amide bonds. The molecular weight excluding hydrogens is 857 g/mol. The Labute approximate surface area is 384 Å². The fraction of sp³-hybridized carbons (Fsp3) is 0.250. The van der Waals surface area contributed by atoms with Crippen molar-refractivity contribution in [3.63, 3.8) is 0 Å². The molecule has 0 spiro atoms. The summed E-state index contributed by atoms with van der Waals surface area (Å²) in [5.74, 6) is -0.776. The number of carbonyl (C=O) groups is 2. The Balaban J connectivity index is 0.738. The SMILES string of the molecule is N#Cc1ccc(C2CCN(c3ncnc(Nc4ccc(F)c(NC(=O)CCC(=O)Nc5cc(Nc6ncnc(N7CCC(n8cc(-c9ccccc9)cn8)CC7)n6)ccc5F)c4)n3)CC2)cc1. The molecule has 2 saturated heterocycles. The Morgan fingerprint density at radius 2 is 1.19 bits per heavy atom. The monoisotopic (exact) mass is 901 g/mol. The Bertz CT molecular complexity index is 2890. The fourth-order valence-corrected chi connectivity index (χ4v) is 8.20. The van der Waals surface area contributed by atoms with Gasteiger partial charge in [0.15, 0.2) is 0 Å². The van der Waals surface area contributed by atoms with E-state index >= 15 is 0 Å². The van der Waals surface area contributed by atoms with E-state index in [-0.39, 0.29) is 42.2 Å². The number of benzene rings is 4. The summed E-state index contributed by atoms with van der Waals surface area (Å²) in [6.07, 6.45) is 9.66. The first kappa shape index (κ1) is 43.8. The van der Waals surface area contributed by atoms with Gasteiger partial charge >= 0.3 is 0 Å². The zero-order chi connectivity index (χ0) is 46.1. The van der Waals surface area contributed by atoms with Crippen LogP contribution in [0, 0.1) is 23.0 Å². The van der Waals surface area contributed by atoms with Gasteiger partial charge in [0.2, 0.25) is 35.6 Å². The summed E-state index contributed by atoms with van der Waals surface area (Å²) in [6.45, 7) is 2.88. The van der Waals surface area contributed by atoms with Gasteiger partial charge in [0.1, 0.15) is 24.3 Å². The zero-order valence-electron chi connectivity index (χ0n) is 36.2. The van der Waals surface area contributed by atoms with Gasteiger partial charge in [0.05, 0.1) is 35.2 Å². The van der Waals surface area contributed by atoms with E-state index in [9.17, 15) is 18.4 Å². The van der Waals surface area contributed by atoms with Crippen LogP contribution in [0.15, 0.2) is 116 Å². The lowest BCUT2D eigenvalue weighted by Crippen LogP contribution is -2.36. The average Bonchev–Trinajstić information content (AvgIpc) is 3.87. The van der Waals surface area contributed by atoms with E-state index in [0.29, 0.717) is 47.8 Å². The number of aromatic nitrogens is 8. The van der Waals surface area contributed by atoms with Gasteiger partial charge in [0.25, 0.3) is 0 Å². The first-order valence-corrected chi connectivity index (χ1v) is 21.9. The van der Waals surface area contributed by atoms with Crippen LogP contribution in [0.3, 0.4) is 0 Å². The molecule has 338 valence electrons. The minimum Gasteiger partial charge on any atom is -0.341 e. The molecule has 7 aromatic rings. The Morgan fingerprint density at radius 1 is 0.657 bits per heavy atom. The smallest absolute Gasteiger partial charge is 0.231 e. The van der Waals surface area contributed by atoms with Crippen molar-refractivity contribution in [2.24, 2.45) is 0 Å². The highest BCUT2D eigenvalue weighted by atomic mass is 19.1. The predicted molar refractivity (Wildman–Crippen MR) is 249 cm³/mol. The maximum absolute atomic E-state index is 14.9. The molecule has 5 heterocycles. The number of carbonyl (C=O) groups excluding carboxylic acids is 2. The minimum absolute atomic E-state index is 0.111. The van der Waals surface area contributed by atoms with E-state index in [1.165, 1.54) is 54.6 Å². The van der Waals surface area contributed by atoms with Crippen molar-refractivity contribution in [3.05, 3.63) is 139 Å². The lowest BCUT2D eigenvalue weighted by atomic mass is 9.89. The molecule has 9 rings (SSSR count). The van der Waals surface area contributed by atoms with Crippen LogP contribution in [0.2, 0.25) is 0 Å². The van der Waals surface area contributed by atoms with Crippen molar-refractivity contribution in [2.45, 2.75) is 50.5 Å². The third-order valence-corrected chi connectivity index (χ3v) is 11.8. The summed E-state index contributed by atoms with van der Waals surface area (Å²) < 4.78 is 31.8. The van der Waals surface area contributed by atoms with Gasteiger partial charge in [-0.1, -0.05) is 42.5 Å². The summed E-state index contributed by atoms with van der Waals surface area (Å²) in [7, 11) is 0. The van der Waals surface area contributed by atoms with Crippen molar-refractivity contribution in [2.75, 3.05) is 57.2 Å². The fourth-order valence-electron chi connectivity index (χ4n) is 8.20. The molecule has 4 N–H and O–H groups in total. The maximum atomic E-state index is 14.9. The van der Waals surface area contributed by atoms with Crippen molar-refractivity contribution in [1.29, 1.82) is 5.26 Å². The summed E-state index contributed by atoms with van der Waals surface area (Å²) in [6, 6.07) is 28.4. The normalized spacial score (nSPS) is 14.3. The van der Waals surface area contributed by atoms with Gasteiger partial charge in [-0.2, -0.15) is 20.3 Å². The summed E-state index contributed by atoms with van der Waals surface area (Å²) in [5.41, 5.74) is 4.63. The van der Waals surface area contributed by atoms with Gasteiger partial charge in [-0.3, -0.25) is 14.3 Å². The summed E-state index contributed by atoms with van der Waals surface area (Å²) in [5, 5.41) is 24.9. The van der Waals surface area contributed by atoms with Gasteiger partial charge < -0.3 is 31.1 Å². The van der Waals surface area contributed by atoms with Gasteiger partial charge in [0, 0.05) is 62.2 Å². The van der Waals surface area contributed by atoms with Gasteiger partial charge in [-0.25, -0.2) is 28.7 Å². The number of halogens is 2. The van der Waals surface area contributed by atoms with E-state index in [2.05, 4.69) is 90.5 Å². The molecule has 2 aliphatic heterocycles. The third-order valence-electron chi connectivity index (χ3n) is 11.8. The van der Waals surface area contributed by atoms with E-state index in [0.717, 1.165) is 49.9 Å². The second-order valence-electron chi connectivity index (χ2n) is 16.2. The van der Waals surface area contributed by atoms with Crippen molar-refractivity contribution < 1.29 is 18.4 Å². The molecule has 4 aromatic carbocycles.